The lowest BCUT2D eigenvalue weighted by atomic mass is 10.2. The first-order chi connectivity index (χ1) is 8.00. The van der Waals surface area contributed by atoms with Crippen LogP contribution in [0.5, 0.6) is 5.75 Å². The number of hydrogen-bond acceptors (Lipinski definition) is 5. The molecular weight excluding hydrogens is 240 g/mol. The monoisotopic (exact) mass is 252 g/mol. The van der Waals surface area contributed by atoms with Crippen LogP contribution in [0.2, 0.25) is 0 Å². The molecule has 0 aromatic heterocycles. The lowest BCUT2D eigenvalue weighted by molar-refractivity contribution is 0.378. The molecule has 0 bridgehead atoms. The van der Waals surface area contributed by atoms with E-state index in [2.05, 4.69) is 4.99 Å². The van der Waals surface area contributed by atoms with Crippen molar-refractivity contribution < 1.29 is 13.2 Å². The van der Waals surface area contributed by atoms with E-state index in [0.29, 0.717) is 5.75 Å². The van der Waals surface area contributed by atoms with Crippen LogP contribution in [-0.2, 0) is 9.84 Å². The summed E-state index contributed by atoms with van der Waals surface area (Å²) in [4.78, 5) is 3.72. The van der Waals surface area contributed by atoms with Crippen LogP contribution in [0.15, 0.2) is 40.5 Å². The number of aryl methyl sites for hydroxylation is 1. The molecule has 0 aliphatic carbocycles. The first-order valence-electron chi connectivity index (χ1n) is 4.97. The van der Waals surface area contributed by atoms with E-state index < -0.39 is 9.84 Å². The minimum atomic E-state index is -3.58. The zero-order valence-corrected chi connectivity index (χ0v) is 10.1. The average molecular weight is 252 g/mol. The van der Waals surface area contributed by atoms with E-state index in [1.54, 1.807) is 12.1 Å². The lowest BCUT2D eigenvalue weighted by Gasteiger charge is -2.06. The van der Waals surface area contributed by atoms with Gasteiger partial charge in [-0.2, -0.15) is 0 Å². The van der Waals surface area contributed by atoms with Crippen molar-refractivity contribution in [3.63, 3.8) is 0 Å². The van der Waals surface area contributed by atoms with Crippen molar-refractivity contribution in [2.24, 2.45) is 10.7 Å². The summed E-state index contributed by atoms with van der Waals surface area (Å²) in [5.74, 6) is 0.596. The fourth-order valence-corrected chi connectivity index (χ4v) is 2.17. The second kappa shape index (κ2) is 4.21. The van der Waals surface area contributed by atoms with Crippen molar-refractivity contribution in [1.82, 2.24) is 0 Å². The fraction of sp³-hybridized carbons (Fsp3) is 0.182. The normalized spacial score (nSPS) is 17.5. The minimum absolute atomic E-state index is 0.0597. The summed E-state index contributed by atoms with van der Waals surface area (Å²) in [6.07, 6.45) is 1.13. The van der Waals surface area contributed by atoms with Crippen LogP contribution in [0.25, 0.3) is 0 Å². The number of nitrogens with two attached hydrogens (primary N) is 1. The summed E-state index contributed by atoms with van der Waals surface area (Å²) in [5.41, 5.74) is 6.40. The summed E-state index contributed by atoms with van der Waals surface area (Å²) in [6.45, 7) is 1.85. The van der Waals surface area contributed by atoms with Gasteiger partial charge in [-0.25, -0.2) is 13.4 Å². The van der Waals surface area contributed by atoms with Gasteiger partial charge >= 0.3 is 0 Å². The maximum absolute atomic E-state index is 11.6. The number of sulfone groups is 1. The van der Waals surface area contributed by atoms with Crippen LogP contribution in [-0.4, -0.2) is 20.1 Å². The average Bonchev–Trinajstić information content (AvgIpc) is 2.54. The van der Waals surface area contributed by atoms with Crippen LogP contribution in [0.3, 0.4) is 0 Å². The molecule has 1 aliphatic rings. The smallest absolute Gasteiger partial charge is 0.239 e. The standard InChI is InChI=1S/C11H12N2O3S/c1-8-2-4-9(5-3-8)16-7-11-13-6-10(12)17(11,14)15/h2-6H,7,12H2,1H3. The highest BCUT2D eigenvalue weighted by atomic mass is 32.2. The molecule has 0 saturated heterocycles. The summed E-state index contributed by atoms with van der Waals surface area (Å²) in [6, 6.07) is 7.31. The highest BCUT2D eigenvalue weighted by molar-refractivity contribution is 8.10. The lowest BCUT2D eigenvalue weighted by Crippen LogP contribution is -2.23. The van der Waals surface area contributed by atoms with Crippen LogP contribution >= 0.6 is 0 Å². The Morgan fingerprint density at radius 1 is 1.29 bits per heavy atom. The molecule has 0 unspecified atom stereocenters. The summed E-state index contributed by atoms with van der Waals surface area (Å²) in [5, 5.41) is -0.296. The second-order valence-electron chi connectivity index (χ2n) is 3.66. The zero-order chi connectivity index (χ0) is 12.5. The number of ether oxygens (including phenoxy) is 1. The van der Waals surface area contributed by atoms with Gasteiger partial charge in [-0.05, 0) is 19.1 Å². The number of nitrogens with zero attached hydrogens (tertiary/aromatic N) is 1. The molecule has 2 rings (SSSR count). The highest BCUT2D eigenvalue weighted by Crippen LogP contribution is 2.15. The largest absolute Gasteiger partial charge is 0.487 e. The maximum atomic E-state index is 11.6. The van der Waals surface area contributed by atoms with Crippen LogP contribution < -0.4 is 10.5 Å². The van der Waals surface area contributed by atoms with E-state index in [0.717, 1.165) is 11.8 Å². The van der Waals surface area contributed by atoms with Crippen molar-refractivity contribution >= 4 is 14.9 Å². The van der Waals surface area contributed by atoms with Gasteiger partial charge in [0.15, 0.2) is 10.1 Å². The fourth-order valence-electron chi connectivity index (χ4n) is 1.30. The Morgan fingerprint density at radius 3 is 2.47 bits per heavy atom. The van der Waals surface area contributed by atoms with E-state index >= 15 is 0 Å². The van der Waals surface area contributed by atoms with Gasteiger partial charge in [0.25, 0.3) is 0 Å². The molecule has 0 radical (unpaired) electrons. The number of benzene rings is 1. The van der Waals surface area contributed by atoms with Gasteiger partial charge in [-0.15, -0.1) is 0 Å². The quantitative estimate of drug-likeness (QED) is 0.868. The van der Waals surface area contributed by atoms with Gasteiger partial charge in [0.05, 0.1) is 6.20 Å². The van der Waals surface area contributed by atoms with Crippen molar-refractivity contribution in [1.29, 1.82) is 0 Å². The Hall–Kier alpha value is -1.82. The van der Waals surface area contributed by atoms with E-state index in [-0.39, 0.29) is 16.7 Å². The van der Waals surface area contributed by atoms with Crippen LogP contribution in [0.1, 0.15) is 5.56 Å². The van der Waals surface area contributed by atoms with Crippen LogP contribution in [0, 0.1) is 6.92 Å². The van der Waals surface area contributed by atoms with E-state index in [1.165, 1.54) is 0 Å². The molecule has 1 aromatic carbocycles. The molecule has 0 amide bonds. The maximum Gasteiger partial charge on any atom is 0.239 e. The van der Waals surface area contributed by atoms with E-state index in [1.807, 2.05) is 19.1 Å². The predicted octanol–water partition coefficient (Wildman–Crippen LogP) is 0.958. The van der Waals surface area contributed by atoms with Crippen molar-refractivity contribution in [3.05, 3.63) is 41.1 Å². The molecular formula is C11H12N2O3S. The number of rotatable bonds is 3. The molecule has 0 spiro atoms. The molecule has 2 N–H and O–H groups in total. The number of hydrogen-bond donors (Lipinski definition) is 1. The molecule has 17 heavy (non-hydrogen) atoms. The Labute approximate surface area is 99.5 Å². The van der Waals surface area contributed by atoms with Gasteiger partial charge in [-0.3, -0.25) is 0 Å². The third-order valence-electron chi connectivity index (χ3n) is 2.34. The molecule has 1 aromatic rings. The molecule has 5 nitrogen and oxygen atoms in total. The first-order valence-corrected chi connectivity index (χ1v) is 6.45. The second-order valence-corrected chi connectivity index (χ2v) is 5.61. The Kier molecular flexibility index (Phi) is 2.89. The summed E-state index contributed by atoms with van der Waals surface area (Å²) >= 11 is 0. The molecule has 90 valence electrons. The highest BCUT2D eigenvalue weighted by Gasteiger charge is 2.27. The predicted molar refractivity (Wildman–Crippen MR) is 65.3 cm³/mol. The third kappa shape index (κ3) is 2.31. The first kappa shape index (κ1) is 11.7. The Bertz CT molecular complexity index is 586. The molecule has 6 heteroatoms. The molecule has 0 fully saturated rings. The number of aliphatic imine (C=N–C) groups is 1. The molecule has 0 saturated carbocycles. The summed E-state index contributed by atoms with van der Waals surface area (Å²) < 4.78 is 28.5. The topological polar surface area (TPSA) is 81.8 Å². The van der Waals surface area contributed by atoms with Crippen LogP contribution in [0.4, 0.5) is 0 Å². The molecule has 1 aliphatic heterocycles. The Morgan fingerprint density at radius 2 is 1.94 bits per heavy atom. The van der Waals surface area contributed by atoms with Gasteiger partial charge < -0.3 is 10.5 Å². The summed E-state index contributed by atoms with van der Waals surface area (Å²) in [7, 11) is -3.58. The Balaban J connectivity index is 2.04. The van der Waals surface area contributed by atoms with Gasteiger partial charge in [-0.1, -0.05) is 17.7 Å². The SMILES string of the molecule is Cc1ccc(OCC2=NC=C(N)S2(=O)=O)cc1. The van der Waals surface area contributed by atoms with E-state index in [4.69, 9.17) is 10.5 Å². The van der Waals surface area contributed by atoms with Crippen molar-refractivity contribution in [2.75, 3.05) is 6.61 Å². The van der Waals surface area contributed by atoms with Gasteiger partial charge in [0, 0.05) is 0 Å². The third-order valence-corrected chi connectivity index (χ3v) is 3.91. The van der Waals surface area contributed by atoms with Crippen molar-refractivity contribution in [3.8, 4) is 5.75 Å². The zero-order valence-electron chi connectivity index (χ0n) is 9.25. The van der Waals surface area contributed by atoms with Crippen molar-refractivity contribution in [2.45, 2.75) is 6.92 Å². The minimum Gasteiger partial charge on any atom is -0.487 e. The van der Waals surface area contributed by atoms with Gasteiger partial charge in [0.2, 0.25) is 9.84 Å². The van der Waals surface area contributed by atoms with Gasteiger partial charge in [0.1, 0.15) is 12.4 Å². The molecule has 1 heterocycles. The van der Waals surface area contributed by atoms with E-state index in [9.17, 15) is 8.42 Å². The molecule has 0 atom stereocenters.